The maximum absolute atomic E-state index is 5.37. The van der Waals surface area contributed by atoms with Gasteiger partial charge in [0, 0.05) is 6.04 Å². The van der Waals surface area contributed by atoms with Gasteiger partial charge in [0.05, 0.1) is 12.2 Å². The third kappa shape index (κ3) is 0.970. The van der Waals surface area contributed by atoms with Crippen LogP contribution in [0.5, 0.6) is 0 Å². The molecular weight excluding hydrogens is 114 g/mol. The molecule has 0 aromatic rings. The molecule has 2 nitrogen and oxygen atoms in total. The average Bonchev–Trinajstić information content (AvgIpc) is 2.64. The third-order valence-electron chi connectivity index (χ3n) is 2.41. The van der Waals surface area contributed by atoms with Crippen LogP contribution in [-0.2, 0) is 4.74 Å². The standard InChI is InChI=1S/C7H13NO/c1-8-5-2-3-6-7(4-5)9-6/h5-8H,2-4H2,1H3/t5-,6?,7-/m1/s1. The molecule has 2 rings (SSSR count). The zero-order valence-corrected chi connectivity index (χ0v) is 5.76. The van der Waals surface area contributed by atoms with Crippen molar-refractivity contribution in [3.63, 3.8) is 0 Å². The summed E-state index contributed by atoms with van der Waals surface area (Å²) in [6.45, 7) is 0. The molecule has 1 aliphatic carbocycles. The van der Waals surface area contributed by atoms with E-state index in [1.807, 2.05) is 7.05 Å². The van der Waals surface area contributed by atoms with Crippen molar-refractivity contribution in [1.82, 2.24) is 5.32 Å². The molecule has 1 heterocycles. The Kier molecular flexibility index (Phi) is 1.24. The molecule has 1 saturated carbocycles. The van der Waals surface area contributed by atoms with Crippen LogP contribution in [0.3, 0.4) is 0 Å². The van der Waals surface area contributed by atoms with Gasteiger partial charge in [-0.05, 0) is 26.3 Å². The molecule has 0 radical (unpaired) electrons. The number of hydrogen-bond acceptors (Lipinski definition) is 2. The molecule has 0 aromatic heterocycles. The van der Waals surface area contributed by atoms with Crippen molar-refractivity contribution in [3.05, 3.63) is 0 Å². The van der Waals surface area contributed by atoms with E-state index in [1.54, 1.807) is 0 Å². The van der Waals surface area contributed by atoms with E-state index >= 15 is 0 Å². The number of hydrogen-bond donors (Lipinski definition) is 1. The minimum Gasteiger partial charge on any atom is -0.370 e. The van der Waals surface area contributed by atoms with E-state index in [0.29, 0.717) is 12.2 Å². The van der Waals surface area contributed by atoms with Crippen LogP contribution in [0.1, 0.15) is 19.3 Å². The first kappa shape index (κ1) is 5.69. The molecule has 3 atom stereocenters. The summed E-state index contributed by atoms with van der Waals surface area (Å²) in [4.78, 5) is 0. The second-order valence-electron chi connectivity index (χ2n) is 3.01. The molecule has 0 bridgehead atoms. The summed E-state index contributed by atoms with van der Waals surface area (Å²) in [5, 5.41) is 3.28. The summed E-state index contributed by atoms with van der Waals surface area (Å²) >= 11 is 0. The van der Waals surface area contributed by atoms with Crippen LogP contribution in [0, 0.1) is 0 Å². The quantitative estimate of drug-likeness (QED) is 0.519. The predicted octanol–water partition coefficient (Wildman–Crippen LogP) is 0.526. The number of rotatable bonds is 1. The van der Waals surface area contributed by atoms with Crippen LogP contribution in [-0.4, -0.2) is 25.3 Å². The average molecular weight is 127 g/mol. The van der Waals surface area contributed by atoms with Crippen LogP contribution in [0.4, 0.5) is 0 Å². The van der Waals surface area contributed by atoms with Crippen molar-refractivity contribution in [3.8, 4) is 0 Å². The Balaban J connectivity index is 1.86. The molecule has 0 aromatic carbocycles. The van der Waals surface area contributed by atoms with Gasteiger partial charge in [0.1, 0.15) is 0 Å². The van der Waals surface area contributed by atoms with Gasteiger partial charge in [0.2, 0.25) is 0 Å². The highest BCUT2D eigenvalue weighted by Crippen LogP contribution is 2.36. The van der Waals surface area contributed by atoms with Crippen LogP contribution in [0.2, 0.25) is 0 Å². The van der Waals surface area contributed by atoms with Gasteiger partial charge in [-0.3, -0.25) is 0 Å². The topological polar surface area (TPSA) is 24.6 Å². The fourth-order valence-corrected chi connectivity index (χ4v) is 1.67. The molecule has 0 amide bonds. The van der Waals surface area contributed by atoms with Gasteiger partial charge in [-0.1, -0.05) is 0 Å². The van der Waals surface area contributed by atoms with Gasteiger partial charge in [0.25, 0.3) is 0 Å². The van der Waals surface area contributed by atoms with Crippen LogP contribution in [0.15, 0.2) is 0 Å². The highest BCUT2D eigenvalue weighted by atomic mass is 16.6. The summed E-state index contributed by atoms with van der Waals surface area (Å²) in [5.74, 6) is 0. The maximum atomic E-state index is 5.37. The number of nitrogens with one attached hydrogen (secondary N) is 1. The predicted molar refractivity (Wildman–Crippen MR) is 35.4 cm³/mol. The molecule has 0 spiro atoms. The van der Waals surface area contributed by atoms with Crippen LogP contribution in [0.25, 0.3) is 0 Å². The molecule has 1 N–H and O–H groups in total. The SMILES string of the molecule is CN[C@@H]1CCC2O[C@@H]2C1. The van der Waals surface area contributed by atoms with E-state index in [9.17, 15) is 0 Å². The number of epoxide rings is 1. The van der Waals surface area contributed by atoms with E-state index in [4.69, 9.17) is 4.74 Å². The summed E-state index contributed by atoms with van der Waals surface area (Å²) < 4.78 is 5.37. The number of fused-ring (bicyclic) bond motifs is 1. The van der Waals surface area contributed by atoms with Crippen molar-refractivity contribution in [1.29, 1.82) is 0 Å². The number of ether oxygens (including phenoxy) is 1. The van der Waals surface area contributed by atoms with Gasteiger partial charge in [-0.2, -0.15) is 0 Å². The van der Waals surface area contributed by atoms with E-state index in [0.717, 1.165) is 6.04 Å². The monoisotopic (exact) mass is 127 g/mol. The first-order valence-corrected chi connectivity index (χ1v) is 3.73. The highest BCUT2D eigenvalue weighted by molar-refractivity contribution is 4.93. The van der Waals surface area contributed by atoms with Crippen molar-refractivity contribution in [2.45, 2.75) is 37.5 Å². The Morgan fingerprint density at radius 1 is 1.33 bits per heavy atom. The van der Waals surface area contributed by atoms with Crippen molar-refractivity contribution >= 4 is 0 Å². The molecule has 2 fully saturated rings. The third-order valence-corrected chi connectivity index (χ3v) is 2.41. The van der Waals surface area contributed by atoms with Gasteiger partial charge in [-0.15, -0.1) is 0 Å². The second-order valence-corrected chi connectivity index (χ2v) is 3.01. The Hall–Kier alpha value is -0.0800. The van der Waals surface area contributed by atoms with Crippen molar-refractivity contribution in [2.24, 2.45) is 0 Å². The zero-order chi connectivity index (χ0) is 6.27. The van der Waals surface area contributed by atoms with Crippen molar-refractivity contribution in [2.75, 3.05) is 7.05 Å². The lowest BCUT2D eigenvalue weighted by molar-refractivity contribution is 0.368. The summed E-state index contributed by atoms with van der Waals surface area (Å²) in [6, 6.07) is 0.730. The lowest BCUT2D eigenvalue weighted by Crippen LogP contribution is -2.30. The zero-order valence-electron chi connectivity index (χ0n) is 5.76. The van der Waals surface area contributed by atoms with Crippen LogP contribution < -0.4 is 5.32 Å². The fourth-order valence-electron chi connectivity index (χ4n) is 1.67. The summed E-state index contributed by atoms with van der Waals surface area (Å²) in [6.07, 6.45) is 5.08. The van der Waals surface area contributed by atoms with Crippen molar-refractivity contribution < 1.29 is 4.74 Å². The molecule has 52 valence electrons. The van der Waals surface area contributed by atoms with E-state index in [1.165, 1.54) is 19.3 Å². The van der Waals surface area contributed by atoms with E-state index in [2.05, 4.69) is 5.32 Å². The van der Waals surface area contributed by atoms with E-state index < -0.39 is 0 Å². The first-order chi connectivity index (χ1) is 4.40. The maximum Gasteiger partial charge on any atom is 0.0856 e. The lowest BCUT2D eigenvalue weighted by atomic mass is 9.96. The Labute approximate surface area is 55.6 Å². The lowest BCUT2D eigenvalue weighted by Gasteiger charge is -2.16. The van der Waals surface area contributed by atoms with E-state index in [-0.39, 0.29) is 0 Å². The molecule has 2 aliphatic rings. The molecule has 1 saturated heterocycles. The molecule has 1 aliphatic heterocycles. The largest absolute Gasteiger partial charge is 0.370 e. The first-order valence-electron chi connectivity index (χ1n) is 3.73. The Morgan fingerprint density at radius 3 is 2.89 bits per heavy atom. The molecular formula is C7H13NO. The molecule has 2 heteroatoms. The van der Waals surface area contributed by atoms with Gasteiger partial charge >= 0.3 is 0 Å². The summed E-state index contributed by atoms with van der Waals surface area (Å²) in [7, 11) is 2.04. The second kappa shape index (κ2) is 1.96. The smallest absolute Gasteiger partial charge is 0.0856 e. The Morgan fingerprint density at radius 2 is 2.22 bits per heavy atom. The van der Waals surface area contributed by atoms with Gasteiger partial charge in [-0.25, -0.2) is 0 Å². The minimum atomic E-state index is 0.621. The minimum absolute atomic E-state index is 0.621. The van der Waals surface area contributed by atoms with Crippen LogP contribution >= 0.6 is 0 Å². The van der Waals surface area contributed by atoms with Gasteiger partial charge < -0.3 is 10.1 Å². The fraction of sp³-hybridized carbons (Fsp3) is 1.00. The Bertz CT molecular complexity index is 115. The van der Waals surface area contributed by atoms with Gasteiger partial charge in [0.15, 0.2) is 0 Å². The summed E-state index contributed by atoms with van der Waals surface area (Å²) in [5.41, 5.74) is 0. The molecule has 9 heavy (non-hydrogen) atoms. The molecule has 1 unspecified atom stereocenters. The normalized spacial score (nSPS) is 48.3. The highest BCUT2D eigenvalue weighted by Gasteiger charge is 2.43.